The van der Waals surface area contributed by atoms with Crippen LogP contribution in [0.3, 0.4) is 0 Å². The average molecular weight is 316 g/mol. The molecule has 0 aromatic carbocycles. The number of rotatable bonds is 6. The molecule has 2 rings (SSSR count). The zero-order chi connectivity index (χ0) is 14.4. The highest BCUT2D eigenvalue weighted by atomic mass is 32.2. The monoisotopic (exact) mass is 316 g/mol. The fourth-order valence-corrected chi connectivity index (χ4v) is 5.39. The molecule has 0 spiro atoms. The molecule has 0 atom stereocenters. The maximum Gasteiger partial charge on any atom is 0.244 e. The minimum Gasteiger partial charge on any atom is -0.312 e. The van der Waals surface area contributed by atoms with E-state index in [2.05, 4.69) is 12.2 Å². The summed E-state index contributed by atoms with van der Waals surface area (Å²) in [5, 5.41) is 5.18. The van der Waals surface area contributed by atoms with Crippen LogP contribution in [0, 0.1) is 0 Å². The van der Waals surface area contributed by atoms with E-state index in [1.54, 1.807) is 10.4 Å². The van der Waals surface area contributed by atoms with Crippen LogP contribution in [-0.4, -0.2) is 32.4 Å². The largest absolute Gasteiger partial charge is 0.312 e. The second-order valence-corrected chi connectivity index (χ2v) is 8.11. The van der Waals surface area contributed by atoms with Gasteiger partial charge in [0.2, 0.25) is 10.0 Å². The van der Waals surface area contributed by atoms with Gasteiger partial charge in [-0.05, 0) is 37.3 Å². The van der Waals surface area contributed by atoms with Gasteiger partial charge in [-0.25, -0.2) is 8.42 Å². The molecule has 1 N–H and O–H groups in total. The van der Waals surface area contributed by atoms with Gasteiger partial charge >= 0.3 is 0 Å². The topological polar surface area (TPSA) is 49.4 Å². The first kappa shape index (κ1) is 15.9. The van der Waals surface area contributed by atoms with E-state index in [1.165, 1.54) is 11.3 Å². The van der Waals surface area contributed by atoms with Crippen molar-refractivity contribution in [3.05, 3.63) is 16.3 Å². The van der Waals surface area contributed by atoms with E-state index in [-0.39, 0.29) is 0 Å². The third-order valence-electron chi connectivity index (χ3n) is 3.60. The van der Waals surface area contributed by atoms with E-state index in [1.807, 2.05) is 5.38 Å². The molecule has 0 radical (unpaired) electrons. The minimum atomic E-state index is -3.31. The summed E-state index contributed by atoms with van der Waals surface area (Å²) < 4.78 is 27.2. The Hall–Kier alpha value is -0.430. The van der Waals surface area contributed by atoms with E-state index in [9.17, 15) is 8.42 Å². The second kappa shape index (κ2) is 7.54. The van der Waals surface area contributed by atoms with Gasteiger partial charge in [0, 0.05) is 24.5 Å². The van der Waals surface area contributed by atoms with E-state index in [0.29, 0.717) is 24.5 Å². The van der Waals surface area contributed by atoms with Gasteiger partial charge < -0.3 is 5.32 Å². The molecule has 1 aliphatic rings. The van der Waals surface area contributed by atoms with Crippen molar-refractivity contribution in [3.8, 4) is 0 Å². The molecule has 0 saturated carbocycles. The number of hydrogen-bond donors (Lipinski definition) is 1. The molecule has 1 aromatic rings. The van der Waals surface area contributed by atoms with Crippen LogP contribution in [0.25, 0.3) is 0 Å². The first-order valence-electron chi connectivity index (χ1n) is 7.43. The van der Waals surface area contributed by atoms with E-state index < -0.39 is 10.0 Å². The first-order chi connectivity index (χ1) is 9.66. The average Bonchev–Trinajstić information content (AvgIpc) is 2.73. The number of nitrogens with zero attached hydrogens (tertiary/aromatic N) is 1. The SMILES string of the molecule is CCCNCc1sccc1S(=O)(=O)N1CCCCCC1. The molecule has 0 bridgehead atoms. The van der Waals surface area contributed by atoms with Crippen molar-refractivity contribution in [2.75, 3.05) is 19.6 Å². The van der Waals surface area contributed by atoms with Crippen LogP contribution in [0.2, 0.25) is 0 Å². The lowest BCUT2D eigenvalue weighted by atomic mass is 10.2. The number of nitrogens with one attached hydrogen (secondary N) is 1. The molecule has 2 heterocycles. The van der Waals surface area contributed by atoms with Crippen molar-refractivity contribution in [3.63, 3.8) is 0 Å². The molecule has 1 fully saturated rings. The van der Waals surface area contributed by atoms with Crippen molar-refractivity contribution in [1.82, 2.24) is 9.62 Å². The molecule has 20 heavy (non-hydrogen) atoms. The Morgan fingerprint density at radius 3 is 2.60 bits per heavy atom. The van der Waals surface area contributed by atoms with Gasteiger partial charge in [-0.2, -0.15) is 4.31 Å². The molecule has 0 aliphatic carbocycles. The lowest BCUT2D eigenvalue weighted by Crippen LogP contribution is -2.32. The molecule has 1 aromatic heterocycles. The predicted octanol–water partition coefficient (Wildman–Crippen LogP) is 2.81. The number of sulfonamides is 1. The van der Waals surface area contributed by atoms with Crippen LogP contribution in [-0.2, 0) is 16.6 Å². The zero-order valence-corrected chi connectivity index (χ0v) is 13.7. The zero-order valence-electron chi connectivity index (χ0n) is 12.1. The van der Waals surface area contributed by atoms with E-state index >= 15 is 0 Å². The Morgan fingerprint density at radius 1 is 1.25 bits per heavy atom. The Morgan fingerprint density at radius 2 is 1.95 bits per heavy atom. The summed E-state index contributed by atoms with van der Waals surface area (Å²) in [6, 6.07) is 1.76. The van der Waals surface area contributed by atoms with E-state index in [4.69, 9.17) is 0 Å². The maximum absolute atomic E-state index is 12.8. The molecule has 0 amide bonds. The standard InChI is InChI=1S/C14H24N2O2S2/c1-2-8-15-12-13-14(7-11-19-13)20(17,18)16-9-5-3-4-6-10-16/h7,11,15H,2-6,8-10,12H2,1H3. The Balaban J connectivity index is 2.14. The summed E-state index contributed by atoms with van der Waals surface area (Å²) in [5.74, 6) is 0. The van der Waals surface area contributed by atoms with Crippen LogP contribution in [0.15, 0.2) is 16.3 Å². The molecule has 1 aliphatic heterocycles. The third kappa shape index (κ3) is 3.81. The molecule has 4 nitrogen and oxygen atoms in total. The number of hydrogen-bond acceptors (Lipinski definition) is 4. The maximum atomic E-state index is 12.8. The van der Waals surface area contributed by atoms with Crippen molar-refractivity contribution >= 4 is 21.4 Å². The van der Waals surface area contributed by atoms with Gasteiger partial charge in [-0.15, -0.1) is 11.3 Å². The van der Waals surface area contributed by atoms with Crippen LogP contribution in [0.1, 0.15) is 43.9 Å². The Bertz CT molecular complexity index is 503. The fourth-order valence-electron chi connectivity index (χ4n) is 2.49. The number of thiophene rings is 1. The first-order valence-corrected chi connectivity index (χ1v) is 9.75. The summed E-state index contributed by atoms with van der Waals surface area (Å²) >= 11 is 1.53. The van der Waals surface area contributed by atoms with Crippen LogP contribution >= 0.6 is 11.3 Å². The molecular weight excluding hydrogens is 292 g/mol. The van der Waals surface area contributed by atoms with Gasteiger partial charge in [0.25, 0.3) is 0 Å². The highest BCUT2D eigenvalue weighted by molar-refractivity contribution is 7.89. The van der Waals surface area contributed by atoms with Crippen molar-refractivity contribution in [1.29, 1.82) is 0 Å². The van der Waals surface area contributed by atoms with Gasteiger partial charge in [0.05, 0.1) is 4.90 Å². The second-order valence-electron chi connectivity index (χ2n) is 5.20. The Kier molecular flexibility index (Phi) is 6.01. The summed E-state index contributed by atoms with van der Waals surface area (Å²) in [4.78, 5) is 1.44. The summed E-state index contributed by atoms with van der Waals surface area (Å²) in [7, 11) is -3.31. The van der Waals surface area contributed by atoms with Crippen LogP contribution in [0.4, 0.5) is 0 Å². The fraction of sp³-hybridized carbons (Fsp3) is 0.714. The quantitative estimate of drug-likeness (QED) is 0.821. The van der Waals surface area contributed by atoms with Crippen LogP contribution in [0.5, 0.6) is 0 Å². The van der Waals surface area contributed by atoms with Gasteiger partial charge in [0.1, 0.15) is 0 Å². The highest BCUT2D eigenvalue weighted by Crippen LogP contribution is 2.26. The summed E-state index contributed by atoms with van der Waals surface area (Å²) in [6.07, 6.45) is 5.29. The molecule has 6 heteroatoms. The van der Waals surface area contributed by atoms with Crippen molar-refractivity contribution < 1.29 is 8.42 Å². The molecular formula is C14H24N2O2S2. The molecule has 1 saturated heterocycles. The highest BCUT2D eigenvalue weighted by Gasteiger charge is 2.27. The van der Waals surface area contributed by atoms with Crippen LogP contribution < -0.4 is 5.32 Å². The summed E-state index contributed by atoms with van der Waals surface area (Å²) in [5.41, 5.74) is 0. The summed E-state index contributed by atoms with van der Waals surface area (Å²) in [6.45, 7) is 5.01. The minimum absolute atomic E-state index is 0.507. The third-order valence-corrected chi connectivity index (χ3v) is 6.63. The van der Waals surface area contributed by atoms with Gasteiger partial charge in [-0.3, -0.25) is 0 Å². The van der Waals surface area contributed by atoms with Crippen molar-refractivity contribution in [2.45, 2.75) is 50.5 Å². The lowest BCUT2D eigenvalue weighted by molar-refractivity contribution is 0.423. The lowest BCUT2D eigenvalue weighted by Gasteiger charge is -2.20. The normalized spacial score (nSPS) is 18.1. The predicted molar refractivity (Wildman–Crippen MR) is 83.5 cm³/mol. The van der Waals surface area contributed by atoms with Gasteiger partial charge in [0.15, 0.2) is 0 Å². The van der Waals surface area contributed by atoms with Crippen molar-refractivity contribution in [2.24, 2.45) is 0 Å². The van der Waals surface area contributed by atoms with Gasteiger partial charge in [-0.1, -0.05) is 19.8 Å². The molecule has 114 valence electrons. The molecule has 0 unspecified atom stereocenters. The van der Waals surface area contributed by atoms with E-state index in [0.717, 1.165) is 43.5 Å². The smallest absolute Gasteiger partial charge is 0.244 e. The Labute approximate surface area is 126 Å².